The van der Waals surface area contributed by atoms with Gasteiger partial charge in [-0.25, -0.2) is 0 Å². The molecule has 2 amide bonds. The average molecular weight is 371 g/mol. The molecule has 2 aromatic carbocycles. The number of carbonyl (C=O) groups is 2. The van der Waals surface area contributed by atoms with Crippen molar-refractivity contribution >= 4 is 29.1 Å². The molecule has 1 N–H and O–H groups in total. The van der Waals surface area contributed by atoms with Crippen LogP contribution in [0.3, 0.4) is 0 Å². The van der Waals surface area contributed by atoms with Crippen molar-refractivity contribution in [2.45, 2.75) is 38.1 Å². The molecule has 3 rings (SSSR count). The highest BCUT2D eigenvalue weighted by Crippen LogP contribution is 2.25. The van der Waals surface area contributed by atoms with E-state index < -0.39 is 6.04 Å². The van der Waals surface area contributed by atoms with Gasteiger partial charge >= 0.3 is 0 Å². The highest BCUT2D eigenvalue weighted by atomic mass is 35.5. The maximum atomic E-state index is 12.8. The van der Waals surface area contributed by atoms with Crippen molar-refractivity contribution in [3.05, 3.63) is 65.2 Å². The molecule has 4 nitrogen and oxygen atoms in total. The highest BCUT2D eigenvalue weighted by molar-refractivity contribution is 6.30. The minimum Gasteiger partial charge on any atom is -0.331 e. The van der Waals surface area contributed by atoms with Gasteiger partial charge in [0.1, 0.15) is 6.04 Å². The molecule has 1 fully saturated rings. The molecule has 2 aromatic rings. The van der Waals surface area contributed by atoms with Crippen LogP contribution in [0.4, 0.5) is 5.69 Å². The molecule has 5 heteroatoms. The van der Waals surface area contributed by atoms with E-state index in [1.807, 2.05) is 37.3 Å². The Balaban J connectivity index is 1.62. The summed E-state index contributed by atoms with van der Waals surface area (Å²) < 4.78 is 0. The van der Waals surface area contributed by atoms with E-state index in [1.165, 1.54) is 0 Å². The van der Waals surface area contributed by atoms with Gasteiger partial charge in [-0.05, 0) is 48.6 Å². The fourth-order valence-electron chi connectivity index (χ4n) is 3.38. The Hall–Kier alpha value is -2.33. The van der Waals surface area contributed by atoms with Gasteiger partial charge in [-0.15, -0.1) is 0 Å². The van der Waals surface area contributed by atoms with E-state index in [2.05, 4.69) is 5.32 Å². The normalized spacial score (nSPS) is 17.8. The number of benzene rings is 2. The van der Waals surface area contributed by atoms with Gasteiger partial charge in [0.25, 0.3) is 0 Å². The molecule has 0 radical (unpaired) electrons. The van der Waals surface area contributed by atoms with Crippen LogP contribution in [0.25, 0.3) is 0 Å². The number of halogens is 1. The van der Waals surface area contributed by atoms with E-state index in [0.717, 1.165) is 12.0 Å². The van der Waals surface area contributed by atoms with Crippen molar-refractivity contribution in [3.8, 4) is 0 Å². The predicted octanol–water partition coefficient (Wildman–Crippen LogP) is 4.46. The fraction of sp³-hybridized carbons (Fsp3) is 0.333. The maximum absolute atomic E-state index is 12.8. The van der Waals surface area contributed by atoms with Crippen LogP contribution in [0.15, 0.2) is 54.6 Å². The summed E-state index contributed by atoms with van der Waals surface area (Å²) in [6.45, 7) is 2.69. The van der Waals surface area contributed by atoms with Gasteiger partial charge in [-0.2, -0.15) is 0 Å². The summed E-state index contributed by atoms with van der Waals surface area (Å²) in [4.78, 5) is 27.1. The van der Waals surface area contributed by atoms with E-state index in [4.69, 9.17) is 11.6 Å². The zero-order chi connectivity index (χ0) is 18.5. The third-order valence-corrected chi connectivity index (χ3v) is 5.09. The summed E-state index contributed by atoms with van der Waals surface area (Å²) in [6, 6.07) is 16.6. The third kappa shape index (κ3) is 4.44. The topological polar surface area (TPSA) is 49.4 Å². The number of nitrogens with one attached hydrogen (secondary N) is 1. The van der Waals surface area contributed by atoms with Crippen molar-refractivity contribution in [2.24, 2.45) is 0 Å². The minimum absolute atomic E-state index is 0.0371. The number of anilines is 1. The molecule has 0 bridgehead atoms. The smallest absolute Gasteiger partial charge is 0.247 e. The first-order valence-electron chi connectivity index (χ1n) is 8.95. The van der Waals surface area contributed by atoms with Crippen LogP contribution in [-0.4, -0.2) is 29.3 Å². The average Bonchev–Trinajstić information content (AvgIpc) is 3.14. The summed E-state index contributed by atoms with van der Waals surface area (Å²) >= 11 is 5.87. The molecule has 0 saturated carbocycles. The standard InChI is InChI=1S/C21H23ClN2O2/c1-15(16-6-3-2-4-7-16)14-20(25)24-13-5-8-19(24)21(26)23-18-11-9-17(22)10-12-18/h2-4,6-7,9-12,15,19H,5,8,13-14H2,1H3,(H,23,26). The minimum atomic E-state index is -0.402. The lowest BCUT2D eigenvalue weighted by Gasteiger charge is -2.25. The van der Waals surface area contributed by atoms with Crippen molar-refractivity contribution in [2.75, 3.05) is 11.9 Å². The molecule has 1 saturated heterocycles. The Kier molecular flexibility index (Phi) is 5.94. The number of carbonyl (C=O) groups excluding carboxylic acids is 2. The zero-order valence-corrected chi connectivity index (χ0v) is 15.6. The van der Waals surface area contributed by atoms with Crippen LogP contribution in [0.1, 0.15) is 37.7 Å². The Labute approximate surface area is 159 Å². The van der Waals surface area contributed by atoms with E-state index in [-0.39, 0.29) is 17.7 Å². The lowest BCUT2D eigenvalue weighted by Crippen LogP contribution is -2.43. The van der Waals surface area contributed by atoms with E-state index in [9.17, 15) is 9.59 Å². The van der Waals surface area contributed by atoms with E-state index in [0.29, 0.717) is 30.1 Å². The molecule has 2 atom stereocenters. The number of nitrogens with zero attached hydrogens (tertiary/aromatic N) is 1. The Morgan fingerprint density at radius 3 is 2.54 bits per heavy atom. The molecule has 0 spiro atoms. The van der Waals surface area contributed by atoms with E-state index in [1.54, 1.807) is 29.2 Å². The lowest BCUT2D eigenvalue weighted by molar-refractivity contribution is -0.136. The fourth-order valence-corrected chi connectivity index (χ4v) is 3.50. The molecule has 1 aliphatic heterocycles. The largest absolute Gasteiger partial charge is 0.331 e. The predicted molar refractivity (Wildman–Crippen MR) is 104 cm³/mol. The van der Waals surface area contributed by atoms with Crippen LogP contribution in [0.5, 0.6) is 0 Å². The Morgan fingerprint density at radius 2 is 1.85 bits per heavy atom. The van der Waals surface area contributed by atoms with Gasteiger partial charge in [0.05, 0.1) is 0 Å². The lowest BCUT2D eigenvalue weighted by atomic mass is 9.97. The number of hydrogen-bond acceptors (Lipinski definition) is 2. The Bertz CT molecular complexity index is 761. The van der Waals surface area contributed by atoms with Crippen molar-refractivity contribution < 1.29 is 9.59 Å². The summed E-state index contributed by atoms with van der Waals surface area (Å²) in [6.07, 6.45) is 1.96. The van der Waals surface area contributed by atoms with Gasteiger partial charge < -0.3 is 10.2 Å². The van der Waals surface area contributed by atoms with Crippen molar-refractivity contribution in [1.29, 1.82) is 0 Å². The summed E-state index contributed by atoms with van der Waals surface area (Å²) in [5, 5.41) is 3.51. The molecule has 2 unspecified atom stereocenters. The van der Waals surface area contributed by atoms with Gasteiger partial charge in [0, 0.05) is 23.7 Å². The van der Waals surface area contributed by atoms with Gasteiger partial charge in [-0.3, -0.25) is 9.59 Å². The molecule has 0 aromatic heterocycles. The summed E-state index contributed by atoms with van der Waals surface area (Å²) in [7, 11) is 0. The highest BCUT2D eigenvalue weighted by Gasteiger charge is 2.34. The number of rotatable bonds is 5. The second kappa shape index (κ2) is 8.37. The first kappa shape index (κ1) is 18.5. The molecule has 26 heavy (non-hydrogen) atoms. The third-order valence-electron chi connectivity index (χ3n) is 4.84. The number of amides is 2. The summed E-state index contributed by atoms with van der Waals surface area (Å²) in [5.41, 5.74) is 1.83. The van der Waals surface area contributed by atoms with Crippen LogP contribution in [0.2, 0.25) is 5.02 Å². The zero-order valence-electron chi connectivity index (χ0n) is 14.8. The molecular formula is C21H23ClN2O2. The SMILES string of the molecule is CC(CC(=O)N1CCCC1C(=O)Nc1ccc(Cl)cc1)c1ccccc1. The molecule has 0 aliphatic carbocycles. The van der Waals surface area contributed by atoms with Crippen LogP contribution < -0.4 is 5.32 Å². The second-order valence-corrected chi connectivity index (χ2v) is 7.19. The molecule has 136 valence electrons. The number of likely N-dealkylation sites (tertiary alicyclic amines) is 1. The van der Waals surface area contributed by atoms with Crippen LogP contribution in [-0.2, 0) is 9.59 Å². The van der Waals surface area contributed by atoms with Crippen LogP contribution >= 0.6 is 11.6 Å². The molecule has 1 heterocycles. The maximum Gasteiger partial charge on any atom is 0.247 e. The summed E-state index contributed by atoms with van der Waals surface area (Å²) in [5.74, 6) is 0.0323. The monoisotopic (exact) mass is 370 g/mol. The van der Waals surface area contributed by atoms with Gasteiger partial charge in [-0.1, -0.05) is 48.9 Å². The van der Waals surface area contributed by atoms with Gasteiger partial charge in [0.2, 0.25) is 11.8 Å². The van der Waals surface area contributed by atoms with Crippen LogP contribution in [0, 0.1) is 0 Å². The first-order chi connectivity index (χ1) is 12.5. The number of hydrogen-bond donors (Lipinski definition) is 1. The van der Waals surface area contributed by atoms with E-state index >= 15 is 0 Å². The van der Waals surface area contributed by atoms with Crippen molar-refractivity contribution in [1.82, 2.24) is 4.90 Å². The second-order valence-electron chi connectivity index (χ2n) is 6.76. The molecular weight excluding hydrogens is 348 g/mol. The quantitative estimate of drug-likeness (QED) is 0.844. The Morgan fingerprint density at radius 1 is 1.15 bits per heavy atom. The van der Waals surface area contributed by atoms with Crippen molar-refractivity contribution in [3.63, 3.8) is 0 Å². The van der Waals surface area contributed by atoms with Gasteiger partial charge in [0.15, 0.2) is 0 Å². The first-order valence-corrected chi connectivity index (χ1v) is 9.33. The molecule has 1 aliphatic rings.